The number of hydrogen-bond acceptors (Lipinski definition) is 4. The summed E-state index contributed by atoms with van der Waals surface area (Å²) in [7, 11) is 1.34. The lowest BCUT2D eigenvalue weighted by atomic mass is 10.1. The second-order valence-corrected chi connectivity index (χ2v) is 4.81. The number of benzene rings is 1. The number of methoxy groups -OCH3 is 1. The quantitative estimate of drug-likeness (QED) is 0.549. The van der Waals surface area contributed by atoms with Gasteiger partial charge < -0.3 is 9.14 Å². The highest BCUT2D eigenvalue weighted by Crippen LogP contribution is 2.28. The smallest absolute Gasteiger partial charge is 0.340 e. The van der Waals surface area contributed by atoms with Gasteiger partial charge in [0.25, 0.3) is 0 Å². The topological polar surface area (TPSA) is 71.6 Å². The van der Waals surface area contributed by atoms with Crippen LogP contribution in [0.25, 0.3) is 16.4 Å². The van der Waals surface area contributed by atoms with Crippen LogP contribution in [0.15, 0.2) is 42.6 Å². The molecule has 0 aliphatic carbocycles. The zero-order valence-corrected chi connectivity index (χ0v) is 11.9. The number of rotatable bonds is 3. The predicted molar refractivity (Wildman–Crippen MR) is 80.8 cm³/mol. The molecular formula is C17H12N2O3. The number of ether oxygens (including phenoxy) is 1. The monoisotopic (exact) mass is 292 g/mol. The van der Waals surface area contributed by atoms with Gasteiger partial charge in [-0.3, -0.25) is 4.79 Å². The molecule has 2 heterocycles. The number of hydrogen-bond donors (Lipinski definition) is 0. The molecule has 3 rings (SSSR count). The van der Waals surface area contributed by atoms with Gasteiger partial charge in [0.1, 0.15) is 0 Å². The van der Waals surface area contributed by atoms with E-state index in [1.807, 2.05) is 34.9 Å². The van der Waals surface area contributed by atoms with E-state index < -0.39 is 5.97 Å². The van der Waals surface area contributed by atoms with Gasteiger partial charge in [0.2, 0.25) is 0 Å². The minimum atomic E-state index is -0.421. The Labute approximate surface area is 126 Å². The molecule has 1 aromatic carbocycles. The Morgan fingerprint density at radius 1 is 1.23 bits per heavy atom. The van der Waals surface area contributed by atoms with Gasteiger partial charge in [0.15, 0.2) is 5.78 Å². The number of aromatic nitrogens is 1. The molecule has 0 aliphatic rings. The van der Waals surface area contributed by atoms with Crippen LogP contribution in [-0.2, 0) is 4.74 Å². The second-order valence-electron chi connectivity index (χ2n) is 4.81. The summed E-state index contributed by atoms with van der Waals surface area (Å²) in [6, 6.07) is 12.4. The summed E-state index contributed by atoms with van der Waals surface area (Å²) in [6.45, 7) is 0. The van der Waals surface area contributed by atoms with Crippen molar-refractivity contribution in [3.05, 3.63) is 53.7 Å². The summed E-state index contributed by atoms with van der Waals surface area (Å²) in [4.78, 5) is 24.0. The van der Waals surface area contributed by atoms with E-state index in [4.69, 9.17) is 10.00 Å². The average Bonchev–Trinajstić information content (AvgIpc) is 2.88. The van der Waals surface area contributed by atoms with Gasteiger partial charge in [-0.2, -0.15) is 5.26 Å². The number of carbonyl (C=O) groups excluding carboxylic acids is 2. The molecular weight excluding hydrogens is 280 g/mol. The lowest BCUT2D eigenvalue weighted by Gasteiger charge is -1.99. The Bertz CT molecular complexity index is 948. The Kier molecular flexibility index (Phi) is 3.36. The molecule has 22 heavy (non-hydrogen) atoms. The molecule has 0 unspecified atom stereocenters. The largest absolute Gasteiger partial charge is 0.465 e. The first-order chi connectivity index (χ1) is 10.7. The third-order valence-corrected chi connectivity index (χ3v) is 3.59. The Morgan fingerprint density at radius 2 is 2.05 bits per heavy atom. The maximum atomic E-state index is 12.1. The normalized spacial score (nSPS) is 10.5. The van der Waals surface area contributed by atoms with Gasteiger partial charge in [-0.05, 0) is 18.2 Å². The first-order valence-electron chi connectivity index (χ1n) is 6.68. The van der Waals surface area contributed by atoms with E-state index in [2.05, 4.69) is 0 Å². The molecule has 0 saturated heterocycles. The van der Waals surface area contributed by atoms with E-state index in [9.17, 15) is 9.59 Å². The number of fused-ring (bicyclic) bond motifs is 3. The summed E-state index contributed by atoms with van der Waals surface area (Å²) in [5.74, 6) is -0.662. The molecule has 0 fully saturated rings. The fourth-order valence-electron chi connectivity index (χ4n) is 2.60. The number of Topliss-reactive ketones (excluding diaryl/α,β-unsaturated/α-hetero) is 1. The summed E-state index contributed by atoms with van der Waals surface area (Å²) in [5.41, 5.74) is 2.38. The average molecular weight is 292 g/mol. The maximum Gasteiger partial charge on any atom is 0.340 e. The van der Waals surface area contributed by atoms with Crippen molar-refractivity contribution >= 4 is 28.2 Å². The zero-order chi connectivity index (χ0) is 15.7. The van der Waals surface area contributed by atoms with E-state index in [-0.39, 0.29) is 12.2 Å². The maximum absolute atomic E-state index is 12.1. The first-order valence-corrected chi connectivity index (χ1v) is 6.68. The molecule has 0 spiro atoms. The molecule has 0 aliphatic heterocycles. The van der Waals surface area contributed by atoms with Crippen molar-refractivity contribution in [3.63, 3.8) is 0 Å². The Balaban J connectivity index is 2.34. The molecule has 2 aromatic heterocycles. The van der Waals surface area contributed by atoms with E-state index in [0.29, 0.717) is 22.0 Å². The van der Waals surface area contributed by atoms with Crippen LogP contribution in [0.5, 0.6) is 0 Å². The van der Waals surface area contributed by atoms with Gasteiger partial charge >= 0.3 is 5.97 Å². The van der Waals surface area contributed by atoms with Crippen LogP contribution < -0.4 is 0 Å². The predicted octanol–water partition coefficient (Wildman–Crippen LogP) is 2.98. The number of carbonyl (C=O) groups is 2. The number of pyridine rings is 1. The van der Waals surface area contributed by atoms with Gasteiger partial charge in [-0.25, -0.2) is 4.79 Å². The standard InChI is InChI=1S/C17H12N2O3/c1-22-17(21)16-12-6-5-11(15(20)7-8-18)10-14(12)19-9-3-2-4-13(16)19/h2-6,9-10H,7H2,1H3. The third-order valence-electron chi connectivity index (χ3n) is 3.59. The SMILES string of the molecule is COC(=O)c1c2ccc(C(=O)CC#N)cc2n2ccccc12. The molecule has 0 saturated carbocycles. The van der Waals surface area contributed by atoms with Crippen LogP contribution in [0, 0.1) is 11.3 Å². The summed E-state index contributed by atoms with van der Waals surface area (Å²) in [5, 5.41) is 9.37. The number of esters is 1. The Morgan fingerprint density at radius 3 is 2.77 bits per heavy atom. The molecule has 0 N–H and O–H groups in total. The van der Waals surface area contributed by atoms with Crippen molar-refractivity contribution in [1.29, 1.82) is 5.26 Å². The first kappa shape index (κ1) is 13.8. The molecule has 0 radical (unpaired) electrons. The molecule has 5 heteroatoms. The fourth-order valence-corrected chi connectivity index (χ4v) is 2.60. The van der Waals surface area contributed by atoms with Crippen molar-refractivity contribution in [2.45, 2.75) is 6.42 Å². The van der Waals surface area contributed by atoms with Crippen LogP contribution in [-0.4, -0.2) is 23.3 Å². The summed E-state index contributed by atoms with van der Waals surface area (Å²) < 4.78 is 6.70. The summed E-state index contributed by atoms with van der Waals surface area (Å²) >= 11 is 0. The molecule has 0 atom stereocenters. The van der Waals surface area contributed by atoms with Gasteiger partial charge in [-0.15, -0.1) is 0 Å². The number of ketones is 1. The molecule has 0 amide bonds. The second kappa shape index (κ2) is 5.34. The van der Waals surface area contributed by atoms with Crippen LogP contribution in [0.2, 0.25) is 0 Å². The van der Waals surface area contributed by atoms with E-state index in [1.165, 1.54) is 7.11 Å². The summed E-state index contributed by atoms with van der Waals surface area (Å²) in [6.07, 6.45) is 1.65. The highest BCUT2D eigenvalue weighted by atomic mass is 16.5. The van der Waals surface area contributed by atoms with E-state index in [0.717, 1.165) is 5.52 Å². The molecule has 108 valence electrons. The van der Waals surface area contributed by atoms with Crippen molar-refractivity contribution in [3.8, 4) is 6.07 Å². The molecule has 5 nitrogen and oxygen atoms in total. The van der Waals surface area contributed by atoms with Crippen LogP contribution in [0.4, 0.5) is 0 Å². The third kappa shape index (κ3) is 2.02. The van der Waals surface area contributed by atoms with Gasteiger partial charge in [0, 0.05) is 17.1 Å². The Hall–Kier alpha value is -3.13. The van der Waals surface area contributed by atoms with Crippen LogP contribution >= 0.6 is 0 Å². The molecule has 0 bridgehead atoms. The van der Waals surface area contributed by atoms with Crippen LogP contribution in [0.3, 0.4) is 0 Å². The highest BCUT2D eigenvalue weighted by Gasteiger charge is 2.19. The van der Waals surface area contributed by atoms with Crippen molar-refractivity contribution in [2.75, 3.05) is 7.11 Å². The lowest BCUT2D eigenvalue weighted by Crippen LogP contribution is -2.01. The lowest BCUT2D eigenvalue weighted by molar-refractivity contribution is 0.0605. The van der Waals surface area contributed by atoms with Gasteiger partial charge in [0.05, 0.1) is 36.2 Å². The van der Waals surface area contributed by atoms with Crippen LogP contribution in [0.1, 0.15) is 27.1 Å². The van der Waals surface area contributed by atoms with Gasteiger partial charge in [-0.1, -0.05) is 18.2 Å². The number of nitrogens with zero attached hydrogens (tertiary/aromatic N) is 2. The number of nitriles is 1. The van der Waals surface area contributed by atoms with Crippen molar-refractivity contribution < 1.29 is 14.3 Å². The zero-order valence-electron chi connectivity index (χ0n) is 11.9. The highest BCUT2D eigenvalue weighted by molar-refractivity contribution is 6.13. The fraction of sp³-hybridized carbons (Fsp3) is 0.118. The van der Waals surface area contributed by atoms with Crippen molar-refractivity contribution in [1.82, 2.24) is 4.40 Å². The van der Waals surface area contributed by atoms with E-state index in [1.54, 1.807) is 18.2 Å². The molecule has 3 aromatic rings. The van der Waals surface area contributed by atoms with Crippen molar-refractivity contribution in [2.24, 2.45) is 0 Å². The minimum Gasteiger partial charge on any atom is -0.465 e. The van der Waals surface area contributed by atoms with E-state index >= 15 is 0 Å². The minimum absolute atomic E-state index is 0.168.